The maximum absolute atomic E-state index is 12.7. The van der Waals surface area contributed by atoms with Crippen LogP contribution in [0.25, 0.3) is 0 Å². The lowest BCUT2D eigenvalue weighted by molar-refractivity contribution is -0.134. The Labute approximate surface area is 223 Å². The molecule has 3 aliphatic rings. The van der Waals surface area contributed by atoms with Crippen LogP contribution in [-0.4, -0.2) is 108 Å². The van der Waals surface area contributed by atoms with Crippen LogP contribution in [-0.2, 0) is 14.9 Å². The molecule has 4 rings (SSSR count). The van der Waals surface area contributed by atoms with Crippen LogP contribution in [0.3, 0.4) is 0 Å². The zero-order valence-electron chi connectivity index (χ0n) is 22.5. The van der Waals surface area contributed by atoms with Crippen LogP contribution in [0.1, 0.15) is 32.8 Å². The summed E-state index contributed by atoms with van der Waals surface area (Å²) in [7, 11) is 1.61. The largest absolute Gasteiger partial charge is 0.387 e. The van der Waals surface area contributed by atoms with Gasteiger partial charge in [-0.15, -0.1) is 0 Å². The van der Waals surface area contributed by atoms with Crippen molar-refractivity contribution < 1.29 is 24.5 Å². The Morgan fingerprint density at radius 3 is 2.55 bits per heavy atom. The number of rotatable bonds is 7. The Balaban J connectivity index is 1.21. The molecule has 0 aromatic heterocycles. The van der Waals surface area contributed by atoms with Crippen molar-refractivity contribution >= 4 is 17.6 Å². The Kier molecular flexibility index (Phi) is 8.89. The molecular formula is C25H42N8O5. The van der Waals surface area contributed by atoms with Gasteiger partial charge in [0.15, 0.2) is 0 Å². The molecule has 3 fully saturated rings. The van der Waals surface area contributed by atoms with Gasteiger partial charge in [0.1, 0.15) is 24.5 Å². The summed E-state index contributed by atoms with van der Waals surface area (Å²) >= 11 is 0. The highest BCUT2D eigenvalue weighted by molar-refractivity contribution is 5.89. The Morgan fingerprint density at radius 1 is 1.16 bits per heavy atom. The number of fused-ring (bicyclic) bond motifs is 1. The average Bonchev–Trinajstić information content (AvgIpc) is 3.41. The number of urea groups is 1. The van der Waals surface area contributed by atoms with Crippen molar-refractivity contribution in [2.45, 2.75) is 75.5 Å². The first-order valence-corrected chi connectivity index (χ1v) is 13.1. The third kappa shape index (κ3) is 6.43. The third-order valence-electron chi connectivity index (χ3n) is 7.42. The van der Waals surface area contributed by atoms with E-state index in [9.17, 15) is 19.8 Å². The summed E-state index contributed by atoms with van der Waals surface area (Å²) in [5.74, 6) is -0.220. The number of ether oxygens (including phenoxy) is 1. The van der Waals surface area contributed by atoms with Gasteiger partial charge in [-0.05, 0) is 23.1 Å². The molecule has 7 atom stereocenters. The first-order valence-electron chi connectivity index (χ1n) is 13.1. The number of carbonyl (C=O) groups excluding carboxylic acids is 2. The molecule has 3 unspecified atom stereocenters. The van der Waals surface area contributed by atoms with Gasteiger partial charge in [-0.3, -0.25) is 20.7 Å². The summed E-state index contributed by atoms with van der Waals surface area (Å²) in [6.45, 7) is 7.57. The molecule has 0 aliphatic carbocycles. The zero-order valence-corrected chi connectivity index (χ0v) is 22.5. The van der Waals surface area contributed by atoms with Gasteiger partial charge in [-0.1, -0.05) is 32.9 Å². The van der Waals surface area contributed by atoms with E-state index in [-0.39, 0.29) is 49.2 Å². The van der Waals surface area contributed by atoms with Gasteiger partial charge in [-0.2, -0.15) is 0 Å². The van der Waals surface area contributed by atoms with E-state index < -0.39 is 30.6 Å². The standard InChI is InChI=1S/C25H42N8O5/c1-25(2,3)14-5-7-15(8-6-14)31-24(37)27-10-9-17(34)32(4)11-16-19(35)20(36)23(38-16)33-13-30-18-21(26)28-12-29-22(18)33/h5-8,16,18-23,28-30,35-36H,9-13,26H2,1-4H3,(H2,27,31,37)/t16-,18?,19-,20-,21?,22?,23-/m1/s1. The highest BCUT2D eigenvalue weighted by atomic mass is 16.6. The topological polar surface area (TPSA) is 176 Å². The highest BCUT2D eigenvalue weighted by Gasteiger charge is 2.51. The van der Waals surface area contributed by atoms with Crippen LogP contribution in [0.15, 0.2) is 24.3 Å². The van der Waals surface area contributed by atoms with Gasteiger partial charge in [0.2, 0.25) is 5.91 Å². The van der Waals surface area contributed by atoms with Gasteiger partial charge < -0.3 is 36.2 Å². The maximum atomic E-state index is 12.7. The van der Waals surface area contributed by atoms with Crippen LogP contribution in [0, 0.1) is 0 Å². The van der Waals surface area contributed by atoms with Crippen LogP contribution in [0.5, 0.6) is 0 Å². The number of nitrogens with one attached hydrogen (secondary N) is 5. The van der Waals surface area contributed by atoms with Gasteiger partial charge in [0, 0.05) is 38.9 Å². The molecule has 1 aromatic rings. The van der Waals surface area contributed by atoms with Crippen molar-refractivity contribution in [3.8, 4) is 0 Å². The van der Waals surface area contributed by atoms with Crippen molar-refractivity contribution in [1.82, 2.24) is 31.1 Å². The van der Waals surface area contributed by atoms with Gasteiger partial charge in [-0.25, -0.2) is 9.69 Å². The summed E-state index contributed by atoms with van der Waals surface area (Å²) in [4.78, 5) is 28.2. The lowest BCUT2D eigenvalue weighted by Crippen LogP contribution is -2.68. The minimum atomic E-state index is -1.15. The number of hydrogen-bond donors (Lipinski definition) is 8. The molecule has 3 amide bonds. The number of carbonyl (C=O) groups is 2. The Hall–Kier alpha value is -2.36. The highest BCUT2D eigenvalue weighted by Crippen LogP contribution is 2.29. The first-order chi connectivity index (χ1) is 18.0. The van der Waals surface area contributed by atoms with E-state index in [0.717, 1.165) is 0 Å². The number of amides is 3. The van der Waals surface area contributed by atoms with Crippen molar-refractivity contribution in [2.75, 3.05) is 38.8 Å². The van der Waals surface area contributed by atoms with Crippen molar-refractivity contribution in [3.63, 3.8) is 0 Å². The van der Waals surface area contributed by atoms with Crippen molar-refractivity contribution in [1.29, 1.82) is 0 Å². The number of likely N-dealkylation sites (N-methyl/N-ethyl adjacent to an activating group) is 1. The number of anilines is 1. The lowest BCUT2D eigenvalue weighted by Gasteiger charge is -2.38. The molecule has 9 N–H and O–H groups in total. The molecule has 0 saturated carbocycles. The predicted molar refractivity (Wildman–Crippen MR) is 142 cm³/mol. The molecule has 0 radical (unpaired) electrons. The van der Waals surface area contributed by atoms with Crippen LogP contribution < -0.4 is 32.3 Å². The quantitative estimate of drug-likeness (QED) is 0.203. The maximum Gasteiger partial charge on any atom is 0.319 e. The Bertz CT molecular complexity index is 973. The molecule has 38 heavy (non-hydrogen) atoms. The van der Waals surface area contributed by atoms with E-state index in [1.807, 2.05) is 29.2 Å². The fourth-order valence-corrected chi connectivity index (χ4v) is 5.08. The first kappa shape index (κ1) is 28.6. The number of hydrogen-bond acceptors (Lipinski definition) is 10. The van der Waals surface area contributed by atoms with Crippen LogP contribution in [0.2, 0.25) is 0 Å². The minimum absolute atomic E-state index is 0.0264. The Morgan fingerprint density at radius 2 is 1.87 bits per heavy atom. The second-order valence-electron chi connectivity index (χ2n) is 11.2. The van der Waals surface area contributed by atoms with Crippen molar-refractivity contribution in [2.24, 2.45) is 5.73 Å². The molecule has 3 heterocycles. The predicted octanol–water partition coefficient (Wildman–Crippen LogP) is -1.61. The second-order valence-corrected chi connectivity index (χ2v) is 11.2. The number of aliphatic hydroxyl groups excluding tert-OH is 2. The third-order valence-corrected chi connectivity index (χ3v) is 7.42. The number of nitrogens with two attached hydrogens (primary N) is 1. The van der Waals surface area contributed by atoms with E-state index in [0.29, 0.717) is 19.0 Å². The second kappa shape index (κ2) is 11.8. The molecule has 13 heteroatoms. The molecule has 1 aromatic carbocycles. The smallest absolute Gasteiger partial charge is 0.319 e. The molecule has 3 saturated heterocycles. The van der Waals surface area contributed by atoms with E-state index >= 15 is 0 Å². The summed E-state index contributed by atoms with van der Waals surface area (Å²) in [6, 6.07) is 7.18. The summed E-state index contributed by atoms with van der Waals surface area (Å²) in [5, 5.41) is 36.5. The monoisotopic (exact) mass is 534 g/mol. The molecule has 212 valence electrons. The fraction of sp³-hybridized carbons (Fsp3) is 0.680. The molecule has 0 bridgehead atoms. The van der Waals surface area contributed by atoms with E-state index in [4.69, 9.17) is 10.5 Å². The van der Waals surface area contributed by atoms with Gasteiger partial charge >= 0.3 is 6.03 Å². The molecule has 0 spiro atoms. The fourth-order valence-electron chi connectivity index (χ4n) is 5.08. The minimum Gasteiger partial charge on any atom is -0.387 e. The molecule has 13 nitrogen and oxygen atoms in total. The van der Waals surface area contributed by atoms with E-state index in [1.165, 1.54) is 10.5 Å². The SMILES string of the molecule is CN(C[C@H]1O[C@@H](N2CNC3C(N)NCNC32)[C@H](O)[C@@H]1O)C(=O)CCNC(=O)Nc1ccc(C(C)(C)C)cc1. The van der Waals surface area contributed by atoms with E-state index in [2.05, 4.69) is 47.4 Å². The summed E-state index contributed by atoms with van der Waals surface area (Å²) in [6.07, 6.45) is -4.13. The zero-order chi connectivity index (χ0) is 27.6. The van der Waals surface area contributed by atoms with E-state index in [1.54, 1.807) is 7.05 Å². The number of benzene rings is 1. The van der Waals surface area contributed by atoms with Gasteiger partial charge in [0.05, 0.1) is 25.0 Å². The van der Waals surface area contributed by atoms with Crippen molar-refractivity contribution in [3.05, 3.63) is 29.8 Å². The lowest BCUT2D eigenvalue weighted by atomic mass is 9.87. The van der Waals surface area contributed by atoms with Gasteiger partial charge in [0.25, 0.3) is 0 Å². The number of aliphatic hydroxyl groups is 2. The average molecular weight is 535 g/mol. The molecular weight excluding hydrogens is 492 g/mol. The summed E-state index contributed by atoms with van der Waals surface area (Å²) in [5.41, 5.74) is 7.98. The van der Waals surface area contributed by atoms with Crippen LogP contribution in [0.4, 0.5) is 10.5 Å². The number of nitrogens with zero attached hydrogens (tertiary/aromatic N) is 2. The normalized spacial score (nSPS) is 31.6. The summed E-state index contributed by atoms with van der Waals surface area (Å²) < 4.78 is 6.02. The molecule has 3 aliphatic heterocycles. The van der Waals surface area contributed by atoms with Crippen LogP contribution >= 0.6 is 0 Å².